The molecule has 1 saturated heterocycles. The summed E-state index contributed by atoms with van der Waals surface area (Å²) in [6.45, 7) is 1.76. The number of aliphatic carboxylic acids is 1. The van der Waals surface area contributed by atoms with Crippen molar-refractivity contribution in [1.29, 1.82) is 0 Å². The third kappa shape index (κ3) is 4.88. The lowest BCUT2D eigenvalue weighted by atomic mass is 9.95. The molecule has 1 N–H and O–H groups in total. The van der Waals surface area contributed by atoms with Crippen LogP contribution in [0.3, 0.4) is 0 Å². The molecule has 0 radical (unpaired) electrons. The third-order valence-corrected chi connectivity index (χ3v) is 3.92. The van der Waals surface area contributed by atoms with Gasteiger partial charge in [0.25, 0.3) is 0 Å². The number of piperidine rings is 1. The highest BCUT2D eigenvalue weighted by Gasteiger charge is 2.29. The average Bonchev–Trinajstić information content (AvgIpc) is 2.58. The van der Waals surface area contributed by atoms with Crippen LogP contribution in [0.15, 0.2) is 18.6 Å². The summed E-state index contributed by atoms with van der Waals surface area (Å²) >= 11 is 0. The van der Waals surface area contributed by atoms with Crippen molar-refractivity contribution in [3.8, 4) is 0 Å². The van der Waals surface area contributed by atoms with Gasteiger partial charge in [0, 0.05) is 45.1 Å². The number of hydrogen-bond acceptors (Lipinski definition) is 6. The van der Waals surface area contributed by atoms with Crippen molar-refractivity contribution >= 4 is 17.7 Å². The van der Waals surface area contributed by atoms with E-state index in [4.69, 9.17) is 9.84 Å². The first-order chi connectivity index (χ1) is 11.1. The van der Waals surface area contributed by atoms with Gasteiger partial charge < -0.3 is 19.6 Å². The van der Waals surface area contributed by atoms with Crippen molar-refractivity contribution in [3.63, 3.8) is 0 Å². The minimum absolute atomic E-state index is 0.108. The second-order valence-electron chi connectivity index (χ2n) is 5.47. The molecule has 1 aromatic rings. The Morgan fingerprint density at radius 1 is 1.39 bits per heavy atom. The molecule has 0 atom stereocenters. The minimum atomic E-state index is -1.01. The van der Waals surface area contributed by atoms with E-state index in [2.05, 4.69) is 14.9 Å². The topological polar surface area (TPSA) is 95.9 Å². The maximum Gasteiger partial charge on any atom is 0.323 e. The van der Waals surface area contributed by atoms with Gasteiger partial charge >= 0.3 is 5.97 Å². The Kier molecular flexibility index (Phi) is 6.28. The lowest BCUT2D eigenvalue weighted by Crippen LogP contribution is -2.45. The fourth-order valence-electron chi connectivity index (χ4n) is 2.70. The summed E-state index contributed by atoms with van der Waals surface area (Å²) in [6, 6.07) is 0. The molecule has 0 saturated carbocycles. The first-order valence-electron chi connectivity index (χ1n) is 7.62. The van der Waals surface area contributed by atoms with Gasteiger partial charge in [0.2, 0.25) is 5.91 Å². The number of nitrogens with zero attached hydrogens (tertiary/aromatic N) is 4. The van der Waals surface area contributed by atoms with Crippen LogP contribution in [0.25, 0.3) is 0 Å². The number of carboxylic acid groups (broad SMARTS) is 1. The molecule has 1 fully saturated rings. The van der Waals surface area contributed by atoms with E-state index in [0.717, 1.165) is 5.82 Å². The molecule has 0 spiro atoms. The molecule has 2 rings (SSSR count). The maximum atomic E-state index is 12.5. The number of rotatable bonds is 7. The predicted octanol–water partition coefficient (Wildman–Crippen LogP) is 0.253. The molecule has 8 nitrogen and oxygen atoms in total. The molecular formula is C15H22N4O4. The molecule has 1 aliphatic rings. The van der Waals surface area contributed by atoms with Crippen LogP contribution in [-0.2, 0) is 14.3 Å². The van der Waals surface area contributed by atoms with E-state index in [1.54, 1.807) is 18.6 Å². The predicted molar refractivity (Wildman–Crippen MR) is 83.1 cm³/mol. The quantitative estimate of drug-likeness (QED) is 0.769. The lowest BCUT2D eigenvalue weighted by Gasteiger charge is -2.34. The Bertz CT molecular complexity index is 517. The number of anilines is 1. The Hall–Kier alpha value is -2.22. The summed E-state index contributed by atoms with van der Waals surface area (Å²) in [5, 5.41) is 8.96. The van der Waals surface area contributed by atoms with Gasteiger partial charge in [0.05, 0.1) is 12.8 Å². The van der Waals surface area contributed by atoms with Gasteiger partial charge in [-0.05, 0) is 12.8 Å². The number of aromatic nitrogens is 2. The number of ether oxygens (including phenoxy) is 1. The Labute approximate surface area is 135 Å². The van der Waals surface area contributed by atoms with Gasteiger partial charge in [0.15, 0.2) is 0 Å². The Morgan fingerprint density at radius 3 is 2.70 bits per heavy atom. The number of hydrogen-bond donors (Lipinski definition) is 1. The highest BCUT2D eigenvalue weighted by atomic mass is 16.5. The highest BCUT2D eigenvalue weighted by molar-refractivity contribution is 5.83. The number of methoxy groups -OCH3 is 1. The highest BCUT2D eigenvalue weighted by Crippen LogP contribution is 2.22. The average molecular weight is 322 g/mol. The van der Waals surface area contributed by atoms with Crippen LogP contribution in [0.2, 0.25) is 0 Å². The Morgan fingerprint density at radius 2 is 2.13 bits per heavy atom. The van der Waals surface area contributed by atoms with Crippen molar-refractivity contribution in [1.82, 2.24) is 14.9 Å². The zero-order valence-corrected chi connectivity index (χ0v) is 13.2. The molecule has 8 heteroatoms. The summed E-state index contributed by atoms with van der Waals surface area (Å²) in [5.74, 6) is -0.464. The number of carbonyl (C=O) groups is 2. The molecule has 1 aliphatic heterocycles. The van der Waals surface area contributed by atoms with Crippen molar-refractivity contribution in [2.75, 3.05) is 44.8 Å². The monoisotopic (exact) mass is 322 g/mol. The summed E-state index contributed by atoms with van der Waals surface area (Å²) in [5.41, 5.74) is 0. The maximum absolute atomic E-state index is 12.5. The van der Waals surface area contributed by atoms with E-state index < -0.39 is 5.97 Å². The van der Waals surface area contributed by atoms with E-state index in [0.29, 0.717) is 39.1 Å². The van der Waals surface area contributed by atoms with Gasteiger partial charge in [-0.25, -0.2) is 4.98 Å². The SMILES string of the molecule is COCCN(CC(=O)O)C(=O)C1CCN(c2cnccn2)CC1. The normalized spacial score (nSPS) is 15.4. The van der Waals surface area contributed by atoms with Gasteiger partial charge in [-0.1, -0.05) is 0 Å². The second kappa shape index (κ2) is 8.42. The van der Waals surface area contributed by atoms with E-state index in [1.165, 1.54) is 12.0 Å². The van der Waals surface area contributed by atoms with Crippen LogP contribution in [-0.4, -0.2) is 71.7 Å². The first-order valence-corrected chi connectivity index (χ1v) is 7.62. The van der Waals surface area contributed by atoms with Crippen LogP contribution in [0.1, 0.15) is 12.8 Å². The molecule has 1 aromatic heterocycles. The van der Waals surface area contributed by atoms with E-state index in [-0.39, 0.29) is 18.4 Å². The molecule has 23 heavy (non-hydrogen) atoms. The number of carbonyl (C=O) groups excluding carboxylic acids is 1. The molecular weight excluding hydrogens is 300 g/mol. The molecule has 126 valence electrons. The van der Waals surface area contributed by atoms with Crippen molar-refractivity contribution in [2.24, 2.45) is 5.92 Å². The molecule has 0 bridgehead atoms. The van der Waals surface area contributed by atoms with E-state index >= 15 is 0 Å². The molecule has 0 aliphatic carbocycles. The van der Waals surface area contributed by atoms with Gasteiger partial charge in [0.1, 0.15) is 12.4 Å². The van der Waals surface area contributed by atoms with E-state index in [1.807, 2.05) is 0 Å². The smallest absolute Gasteiger partial charge is 0.323 e. The minimum Gasteiger partial charge on any atom is -0.480 e. The zero-order valence-electron chi connectivity index (χ0n) is 13.2. The fraction of sp³-hybridized carbons (Fsp3) is 0.600. The van der Waals surface area contributed by atoms with Gasteiger partial charge in [-0.3, -0.25) is 14.6 Å². The Balaban J connectivity index is 1.91. The summed E-state index contributed by atoms with van der Waals surface area (Å²) in [7, 11) is 1.53. The largest absolute Gasteiger partial charge is 0.480 e. The van der Waals surface area contributed by atoms with Crippen LogP contribution in [0.4, 0.5) is 5.82 Å². The summed E-state index contributed by atoms with van der Waals surface area (Å²) < 4.78 is 4.96. The van der Waals surface area contributed by atoms with Crippen molar-refractivity contribution in [3.05, 3.63) is 18.6 Å². The number of carboxylic acids is 1. The van der Waals surface area contributed by atoms with Crippen LogP contribution < -0.4 is 4.90 Å². The molecule has 0 aromatic carbocycles. The van der Waals surface area contributed by atoms with Gasteiger partial charge in [-0.15, -0.1) is 0 Å². The van der Waals surface area contributed by atoms with Crippen LogP contribution in [0.5, 0.6) is 0 Å². The summed E-state index contributed by atoms with van der Waals surface area (Å²) in [6.07, 6.45) is 6.33. The number of amides is 1. The molecule has 2 heterocycles. The van der Waals surface area contributed by atoms with Crippen LogP contribution in [0, 0.1) is 5.92 Å². The van der Waals surface area contributed by atoms with Gasteiger partial charge in [-0.2, -0.15) is 0 Å². The molecule has 0 unspecified atom stereocenters. The zero-order chi connectivity index (χ0) is 16.7. The van der Waals surface area contributed by atoms with Crippen molar-refractivity contribution in [2.45, 2.75) is 12.8 Å². The van der Waals surface area contributed by atoms with Crippen molar-refractivity contribution < 1.29 is 19.4 Å². The van der Waals surface area contributed by atoms with Crippen LogP contribution >= 0.6 is 0 Å². The van der Waals surface area contributed by atoms with E-state index in [9.17, 15) is 9.59 Å². The summed E-state index contributed by atoms with van der Waals surface area (Å²) in [4.78, 5) is 35.3. The standard InChI is InChI=1S/C15H22N4O4/c1-23-9-8-19(11-14(20)21)15(22)12-2-6-18(7-3-12)13-10-16-4-5-17-13/h4-5,10,12H,2-3,6-9,11H2,1H3,(H,20,21). The second-order valence-corrected chi connectivity index (χ2v) is 5.47. The lowest BCUT2D eigenvalue weighted by molar-refractivity contribution is -0.147. The first kappa shape index (κ1) is 17.1. The third-order valence-electron chi connectivity index (χ3n) is 3.92. The molecule has 1 amide bonds. The fourth-order valence-corrected chi connectivity index (χ4v) is 2.70.